The van der Waals surface area contributed by atoms with Crippen LogP contribution in [0.25, 0.3) is 0 Å². The van der Waals surface area contributed by atoms with Crippen molar-refractivity contribution < 1.29 is 24.5 Å². The first-order valence-electron chi connectivity index (χ1n) is 9.73. The number of hydrogen-bond donors (Lipinski definition) is 2. The number of hydrogen-bond acceptors (Lipinski definition) is 4. The van der Waals surface area contributed by atoms with Crippen molar-refractivity contribution in [3.63, 3.8) is 0 Å². The van der Waals surface area contributed by atoms with Gasteiger partial charge in [0.1, 0.15) is 51.2 Å². The molecule has 150 valence electrons. The first-order valence-corrected chi connectivity index (χ1v) is 9.73. The van der Waals surface area contributed by atoms with Gasteiger partial charge in [0.2, 0.25) is 5.91 Å². The number of carbonyl (C=O) groups is 1. The molecular weight excluding hydrogens is 356 g/mol. The standard InChI is InChI=1S/C21H28N4O3/c1-17(26)23(2)18-6-8-20(9-7-18)28-16-19(27)15-24-11-13-25(14-12-24)21-5-3-4-10-22-21/h3-10,19,27H,11-16H2,1-2H3/p+2/t19-/m0/s1. The van der Waals surface area contributed by atoms with Crippen molar-refractivity contribution in [1.82, 2.24) is 0 Å². The fourth-order valence-corrected chi connectivity index (χ4v) is 3.38. The van der Waals surface area contributed by atoms with Crippen LogP contribution in [0, 0.1) is 0 Å². The van der Waals surface area contributed by atoms with Crippen molar-refractivity contribution in [2.45, 2.75) is 13.0 Å². The normalized spacial score (nSPS) is 15.9. The Morgan fingerprint density at radius 2 is 1.96 bits per heavy atom. The Hall–Kier alpha value is -2.64. The quantitative estimate of drug-likeness (QED) is 0.681. The number of H-pyrrole nitrogens is 1. The van der Waals surface area contributed by atoms with Gasteiger partial charge in [-0.2, -0.15) is 0 Å². The third kappa shape index (κ3) is 5.43. The van der Waals surface area contributed by atoms with Gasteiger partial charge in [-0.3, -0.25) is 9.69 Å². The minimum atomic E-state index is -0.510. The smallest absolute Gasteiger partial charge is 0.274 e. The number of nitrogens with zero attached hydrogens (tertiary/aromatic N) is 2. The molecule has 1 aliphatic rings. The number of amides is 1. The maximum atomic E-state index is 11.4. The lowest BCUT2D eigenvalue weighted by molar-refractivity contribution is -0.903. The van der Waals surface area contributed by atoms with Gasteiger partial charge in [0.25, 0.3) is 5.82 Å². The molecule has 2 aromatic rings. The third-order valence-corrected chi connectivity index (χ3v) is 5.17. The van der Waals surface area contributed by atoms with Crippen LogP contribution in [-0.4, -0.2) is 63.5 Å². The lowest BCUT2D eigenvalue weighted by Crippen LogP contribution is -3.16. The molecule has 1 atom stereocenters. The van der Waals surface area contributed by atoms with Gasteiger partial charge < -0.3 is 19.6 Å². The highest BCUT2D eigenvalue weighted by molar-refractivity contribution is 5.90. The van der Waals surface area contributed by atoms with E-state index in [1.165, 1.54) is 11.8 Å². The predicted octanol–water partition coefficient (Wildman–Crippen LogP) is -0.372. The number of pyridine rings is 1. The van der Waals surface area contributed by atoms with Gasteiger partial charge in [-0.25, -0.2) is 4.98 Å². The van der Waals surface area contributed by atoms with Crippen molar-refractivity contribution in [1.29, 1.82) is 0 Å². The summed E-state index contributed by atoms with van der Waals surface area (Å²) in [5.74, 6) is 1.82. The summed E-state index contributed by atoms with van der Waals surface area (Å²) < 4.78 is 5.71. The summed E-state index contributed by atoms with van der Waals surface area (Å²) in [6.45, 7) is 6.39. The first-order chi connectivity index (χ1) is 13.5. The predicted molar refractivity (Wildman–Crippen MR) is 108 cm³/mol. The molecule has 7 nitrogen and oxygen atoms in total. The summed E-state index contributed by atoms with van der Waals surface area (Å²) in [6, 6.07) is 13.4. The molecule has 0 spiro atoms. The Morgan fingerprint density at radius 3 is 2.57 bits per heavy atom. The van der Waals surface area contributed by atoms with E-state index in [9.17, 15) is 9.90 Å². The van der Waals surface area contributed by atoms with E-state index in [-0.39, 0.29) is 12.5 Å². The molecule has 0 radical (unpaired) electrons. The Labute approximate surface area is 166 Å². The van der Waals surface area contributed by atoms with Crippen LogP contribution in [0.1, 0.15) is 6.92 Å². The number of nitrogens with one attached hydrogen (secondary N) is 2. The minimum Gasteiger partial charge on any atom is -0.491 e. The summed E-state index contributed by atoms with van der Waals surface area (Å²) in [5, 5.41) is 10.3. The number of piperazine rings is 1. The molecule has 0 bridgehead atoms. The Bertz CT molecular complexity index is 746. The number of rotatable bonds is 7. The van der Waals surface area contributed by atoms with E-state index in [4.69, 9.17) is 4.74 Å². The largest absolute Gasteiger partial charge is 0.491 e. The van der Waals surface area contributed by atoms with Crippen LogP contribution in [-0.2, 0) is 4.79 Å². The van der Waals surface area contributed by atoms with Gasteiger partial charge in [0, 0.05) is 25.7 Å². The molecule has 7 heteroatoms. The summed E-state index contributed by atoms with van der Waals surface area (Å²) in [6.07, 6.45) is 1.43. The molecule has 1 aromatic carbocycles. The zero-order valence-electron chi connectivity index (χ0n) is 16.6. The highest BCUT2D eigenvalue weighted by Crippen LogP contribution is 2.18. The van der Waals surface area contributed by atoms with Crippen LogP contribution in [0.3, 0.4) is 0 Å². The maximum absolute atomic E-state index is 11.4. The second kappa shape index (κ2) is 9.52. The maximum Gasteiger partial charge on any atom is 0.274 e. The molecule has 1 amide bonds. The minimum absolute atomic E-state index is 0.0164. The highest BCUT2D eigenvalue weighted by atomic mass is 16.5. The van der Waals surface area contributed by atoms with E-state index in [0.29, 0.717) is 12.3 Å². The van der Waals surface area contributed by atoms with Crippen molar-refractivity contribution >= 4 is 17.4 Å². The lowest BCUT2D eigenvalue weighted by Gasteiger charge is -2.29. The molecule has 1 saturated heterocycles. The van der Waals surface area contributed by atoms with E-state index in [1.807, 2.05) is 42.6 Å². The second-order valence-electron chi connectivity index (χ2n) is 7.23. The van der Waals surface area contributed by atoms with Crippen LogP contribution in [0.2, 0.25) is 0 Å². The Kier molecular flexibility index (Phi) is 6.84. The number of aliphatic hydroxyl groups is 1. The molecule has 1 fully saturated rings. The van der Waals surface area contributed by atoms with E-state index in [1.54, 1.807) is 11.9 Å². The van der Waals surface area contributed by atoms with Crippen LogP contribution < -0.4 is 24.4 Å². The first kappa shape index (κ1) is 20.1. The van der Waals surface area contributed by atoms with E-state index < -0.39 is 6.10 Å². The van der Waals surface area contributed by atoms with Crippen molar-refractivity contribution in [2.24, 2.45) is 0 Å². The molecule has 1 aliphatic heterocycles. The number of aliphatic hydroxyl groups excluding tert-OH is 1. The average molecular weight is 386 g/mol. The summed E-state index contributed by atoms with van der Waals surface area (Å²) in [5.41, 5.74) is 0.818. The van der Waals surface area contributed by atoms with Crippen LogP contribution in [0.4, 0.5) is 11.5 Å². The lowest BCUT2D eigenvalue weighted by atomic mass is 10.2. The SMILES string of the molecule is CC(=O)N(C)c1ccc(OC[C@@H](O)C[NH+]2CCN(c3cccc[nH+]3)CC2)cc1. The average Bonchev–Trinajstić information content (AvgIpc) is 2.73. The van der Waals surface area contributed by atoms with Crippen molar-refractivity contribution in [3.05, 3.63) is 48.7 Å². The number of ether oxygens (including phenoxy) is 1. The monoisotopic (exact) mass is 386 g/mol. The Balaban J connectivity index is 1.40. The molecule has 28 heavy (non-hydrogen) atoms. The van der Waals surface area contributed by atoms with Crippen LogP contribution >= 0.6 is 0 Å². The van der Waals surface area contributed by atoms with Crippen LogP contribution in [0.15, 0.2) is 48.7 Å². The molecule has 0 unspecified atom stereocenters. The van der Waals surface area contributed by atoms with Crippen LogP contribution in [0.5, 0.6) is 5.75 Å². The number of carbonyl (C=O) groups excluding carboxylic acids is 1. The molecule has 3 N–H and O–H groups in total. The molecule has 2 heterocycles. The number of anilines is 2. The number of aromatic amines is 1. The zero-order valence-corrected chi connectivity index (χ0v) is 16.6. The highest BCUT2D eigenvalue weighted by Gasteiger charge is 2.27. The summed E-state index contributed by atoms with van der Waals surface area (Å²) in [4.78, 5) is 20.0. The summed E-state index contributed by atoms with van der Waals surface area (Å²) in [7, 11) is 1.74. The fraction of sp³-hybridized carbons (Fsp3) is 0.429. The second-order valence-corrected chi connectivity index (χ2v) is 7.23. The van der Waals surface area contributed by atoms with Crippen molar-refractivity contribution in [3.8, 4) is 5.75 Å². The fourth-order valence-electron chi connectivity index (χ4n) is 3.38. The van der Waals surface area contributed by atoms with E-state index >= 15 is 0 Å². The van der Waals surface area contributed by atoms with E-state index in [0.717, 1.165) is 37.7 Å². The van der Waals surface area contributed by atoms with Gasteiger partial charge in [-0.05, 0) is 30.3 Å². The topological polar surface area (TPSA) is 71.6 Å². The van der Waals surface area contributed by atoms with Gasteiger partial charge >= 0.3 is 0 Å². The number of benzene rings is 1. The third-order valence-electron chi connectivity index (χ3n) is 5.17. The molecular formula is C21H30N4O3+2. The Morgan fingerprint density at radius 1 is 1.25 bits per heavy atom. The van der Waals surface area contributed by atoms with Gasteiger partial charge in [-0.15, -0.1) is 0 Å². The van der Waals surface area contributed by atoms with Gasteiger partial charge in [0.15, 0.2) is 0 Å². The van der Waals surface area contributed by atoms with Gasteiger partial charge in [-0.1, -0.05) is 6.07 Å². The molecule has 0 aliphatic carbocycles. The summed E-state index contributed by atoms with van der Waals surface area (Å²) >= 11 is 0. The van der Waals surface area contributed by atoms with Crippen molar-refractivity contribution in [2.75, 3.05) is 56.2 Å². The number of aromatic nitrogens is 1. The molecule has 0 saturated carbocycles. The molecule has 3 rings (SSSR count). The zero-order chi connectivity index (χ0) is 19.9. The van der Waals surface area contributed by atoms with Gasteiger partial charge in [0.05, 0.1) is 6.20 Å². The number of quaternary nitrogens is 1. The molecule has 1 aromatic heterocycles. The van der Waals surface area contributed by atoms with E-state index in [2.05, 4.69) is 16.0 Å².